The first-order valence-corrected chi connectivity index (χ1v) is 8.21. The molecular weight excluding hydrogens is 306 g/mol. The van der Waals surface area contributed by atoms with E-state index in [0.29, 0.717) is 6.61 Å². The minimum absolute atomic E-state index is 0.0289. The van der Waals surface area contributed by atoms with Crippen LogP contribution in [0.5, 0.6) is 5.75 Å². The highest BCUT2D eigenvalue weighted by atomic mass is 16.5. The van der Waals surface area contributed by atoms with Gasteiger partial charge < -0.3 is 14.6 Å². The molecule has 0 bridgehead atoms. The Morgan fingerprint density at radius 3 is 2.83 bits per heavy atom. The number of rotatable bonds is 7. The maximum absolute atomic E-state index is 11.0. The highest BCUT2D eigenvalue weighted by Crippen LogP contribution is 2.34. The Labute approximate surface area is 141 Å². The van der Waals surface area contributed by atoms with Crippen LogP contribution in [0.1, 0.15) is 48.8 Å². The molecule has 2 atom stereocenters. The van der Waals surface area contributed by atoms with E-state index < -0.39 is 12.1 Å². The molecule has 0 fully saturated rings. The number of carbonyl (C=O) groups is 1. The number of carboxylic acids is 1. The molecule has 0 spiro atoms. The van der Waals surface area contributed by atoms with Crippen molar-refractivity contribution in [3.05, 3.63) is 59.4 Å². The van der Waals surface area contributed by atoms with Gasteiger partial charge in [0.1, 0.15) is 11.9 Å². The maximum atomic E-state index is 11.0. The lowest BCUT2D eigenvalue weighted by Gasteiger charge is -2.18. The van der Waals surface area contributed by atoms with Gasteiger partial charge >= 0.3 is 5.97 Å². The molecule has 5 heteroatoms. The topological polar surface area (TPSA) is 68.7 Å². The predicted molar refractivity (Wildman–Crippen MR) is 89.0 cm³/mol. The van der Waals surface area contributed by atoms with Crippen LogP contribution >= 0.6 is 0 Å². The summed E-state index contributed by atoms with van der Waals surface area (Å²) in [6, 6.07) is 11.5. The summed E-state index contributed by atoms with van der Waals surface area (Å²) in [6.45, 7) is 2.33. The minimum atomic E-state index is -0.871. The van der Waals surface area contributed by atoms with Gasteiger partial charge in [-0.3, -0.25) is 9.78 Å². The second kappa shape index (κ2) is 7.45. The van der Waals surface area contributed by atoms with Crippen LogP contribution in [0.4, 0.5) is 0 Å². The fourth-order valence-electron chi connectivity index (χ4n) is 3.06. The average molecular weight is 327 g/mol. The number of nitrogens with zero attached hydrogens (tertiary/aromatic N) is 1. The molecule has 1 heterocycles. The van der Waals surface area contributed by atoms with Gasteiger partial charge in [-0.05, 0) is 43.5 Å². The minimum Gasteiger partial charge on any atom is -0.486 e. The second-order valence-electron chi connectivity index (χ2n) is 5.80. The molecule has 24 heavy (non-hydrogen) atoms. The molecule has 1 unspecified atom stereocenters. The van der Waals surface area contributed by atoms with E-state index in [2.05, 4.69) is 11.1 Å². The molecule has 126 valence electrons. The van der Waals surface area contributed by atoms with Crippen LogP contribution in [0, 0.1) is 0 Å². The quantitative estimate of drug-likeness (QED) is 0.840. The van der Waals surface area contributed by atoms with E-state index >= 15 is 0 Å². The lowest BCUT2D eigenvalue weighted by atomic mass is 10.1. The number of benzene rings is 1. The third kappa shape index (κ3) is 3.74. The van der Waals surface area contributed by atoms with Crippen molar-refractivity contribution in [2.24, 2.45) is 0 Å². The van der Waals surface area contributed by atoms with Crippen molar-refractivity contribution in [3.63, 3.8) is 0 Å². The van der Waals surface area contributed by atoms with Gasteiger partial charge in [0, 0.05) is 24.1 Å². The zero-order chi connectivity index (χ0) is 16.9. The Morgan fingerprint density at radius 2 is 2.12 bits per heavy atom. The van der Waals surface area contributed by atoms with Crippen LogP contribution < -0.4 is 4.74 Å². The first kappa shape index (κ1) is 16.5. The Hall–Kier alpha value is -2.40. The first-order valence-electron chi connectivity index (χ1n) is 8.21. The fourth-order valence-corrected chi connectivity index (χ4v) is 3.06. The van der Waals surface area contributed by atoms with Crippen molar-refractivity contribution in [1.82, 2.24) is 4.98 Å². The Morgan fingerprint density at radius 1 is 1.33 bits per heavy atom. The van der Waals surface area contributed by atoms with Gasteiger partial charge in [-0.25, -0.2) is 0 Å². The molecule has 5 nitrogen and oxygen atoms in total. The number of ether oxygens (including phenoxy) is 2. The third-order valence-corrected chi connectivity index (χ3v) is 4.17. The monoisotopic (exact) mass is 327 g/mol. The van der Waals surface area contributed by atoms with E-state index in [9.17, 15) is 4.79 Å². The number of aliphatic carboxylic acids is 1. The van der Waals surface area contributed by atoms with Gasteiger partial charge in [-0.15, -0.1) is 0 Å². The highest BCUT2D eigenvalue weighted by molar-refractivity contribution is 5.67. The van der Waals surface area contributed by atoms with Gasteiger partial charge in [-0.2, -0.15) is 0 Å². The number of carboxylic acid groups (broad SMARTS) is 1. The van der Waals surface area contributed by atoms with Crippen molar-refractivity contribution in [3.8, 4) is 5.75 Å². The van der Waals surface area contributed by atoms with Crippen molar-refractivity contribution in [2.45, 2.75) is 38.4 Å². The van der Waals surface area contributed by atoms with Gasteiger partial charge in [0.15, 0.2) is 0 Å². The van der Waals surface area contributed by atoms with Crippen molar-refractivity contribution in [1.29, 1.82) is 0 Å². The average Bonchev–Trinajstić information content (AvgIpc) is 2.98. The van der Waals surface area contributed by atoms with Crippen LogP contribution in [-0.4, -0.2) is 22.7 Å². The number of aromatic nitrogens is 1. The van der Waals surface area contributed by atoms with E-state index in [4.69, 9.17) is 14.6 Å². The number of hydrogen-bond acceptors (Lipinski definition) is 4. The zero-order valence-corrected chi connectivity index (χ0v) is 13.6. The standard InChI is InChI=1S/C19H21NO4/c1-2-23-18(12-19(21)22)13-5-7-14(8-6-13)24-17-10-9-16-15(17)4-3-11-20-16/h3-8,11,17-18H,2,9-10,12H2,1H3,(H,21,22)/t17?,18-/m0/s1. The van der Waals surface area contributed by atoms with Gasteiger partial charge in [0.2, 0.25) is 0 Å². The molecule has 1 aliphatic rings. The largest absolute Gasteiger partial charge is 0.486 e. The third-order valence-electron chi connectivity index (χ3n) is 4.17. The van der Waals surface area contributed by atoms with Crippen molar-refractivity contribution >= 4 is 5.97 Å². The molecule has 2 aromatic rings. The van der Waals surface area contributed by atoms with Gasteiger partial charge in [-0.1, -0.05) is 18.2 Å². The van der Waals surface area contributed by atoms with Crippen LogP contribution in [0.2, 0.25) is 0 Å². The Balaban J connectivity index is 1.69. The fraction of sp³-hybridized carbons (Fsp3) is 0.368. The zero-order valence-electron chi connectivity index (χ0n) is 13.6. The number of pyridine rings is 1. The SMILES string of the molecule is CCO[C@@H](CC(=O)O)c1ccc(OC2CCc3ncccc32)cc1. The lowest BCUT2D eigenvalue weighted by molar-refractivity contribution is -0.140. The molecule has 0 saturated carbocycles. The van der Waals surface area contributed by atoms with E-state index in [1.165, 1.54) is 0 Å². The normalized spacial score (nSPS) is 17.3. The summed E-state index contributed by atoms with van der Waals surface area (Å²) in [5.41, 5.74) is 3.11. The summed E-state index contributed by atoms with van der Waals surface area (Å²) in [4.78, 5) is 15.3. The maximum Gasteiger partial charge on any atom is 0.306 e. The lowest BCUT2D eigenvalue weighted by Crippen LogP contribution is -2.10. The molecule has 1 N–H and O–H groups in total. The number of aryl methyl sites for hydroxylation is 1. The van der Waals surface area contributed by atoms with Crippen LogP contribution in [0.25, 0.3) is 0 Å². The molecule has 1 aliphatic carbocycles. The van der Waals surface area contributed by atoms with E-state index in [0.717, 1.165) is 35.4 Å². The molecular formula is C19H21NO4. The highest BCUT2D eigenvalue weighted by Gasteiger charge is 2.25. The van der Waals surface area contributed by atoms with Gasteiger partial charge in [0.25, 0.3) is 0 Å². The molecule has 0 amide bonds. The summed E-state index contributed by atoms with van der Waals surface area (Å²) in [7, 11) is 0. The summed E-state index contributed by atoms with van der Waals surface area (Å²) in [5.74, 6) is -0.102. The summed E-state index contributed by atoms with van der Waals surface area (Å²) < 4.78 is 11.6. The Kier molecular flexibility index (Phi) is 5.11. The predicted octanol–water partition coefficient (Wildman–Crippen LogP) is 3.70. The number of hydrogen-bond donors (Lipinski definition) is 1. The molecule has 3 rings (SSSR count). The van der Waals surface area contributed by atoms with E-state index in [1.807, 2.05) is 43.5 Å². The summed E-state index contributed by atoms with van der Waals surface area (Å²) in [5, 5.41) is 9.00. The smallest absolute Gasteiger partial charge is 0.306 e. The van der Waals surface area contributed by atoms with Crippen molar-refractivity contribution < 1.29 is 19.4 Å². The first-order chi connectivity index (χ1) is 11.7. The molecule has 1 aromatic heterocycles. The number of fused-ring (bicyclic) bond motifs is 1. The van der Waals surface area contributed by atoms with Crippen LogP contribution in [0.3, 0.4) is 0 Å². The van der Waals surface area contributed by atoms with E-state index in [1.54, 1.807) is 0 Å². The summed E-state index contributed by atoms with van der Waals surface area (Å²) >= 11 is 0. The van der Waals surface area contributed by atoms with Crippen molar-refractivity contribution in [2.75, 3.05) is 6.61 Å². The Bertz CT molecular complexity index is 699. The van der Waals surface area contributed by atoms with Crippen LogP contribution in [-0.2, 0) is 16.0 Å². The molecule has 1 aromatic carbocycles. The summed E-state index contributed by atoms with van der Waals surface area (Å²) in [6.07, 6.45) is 3.22. The molecule has 0 aliphatic heterocycles. The van der Waals surface area contributed by atoms with Crippen LogP contribution in [0.15, 0.2) is 42.6 Å². The molecule has 0 radical (unpaired) electrons. The molecule has 0 saturated heterocycles. The second-order valence-corrected chi connectivity index (χ2v) is 5.80. The van der Waals surface area contributed by atoms with Gasteiger partial charge in [0.05, 0.1) is 12.5 Å². The van der Waals surface area contributed by atoms with E-state index in [-0.39, 0.29) is 12.5 Å².